The number of ether oxygens (including phenoxy) is 1. The topological polar surface area (TPSA) is 73.1 Å². The standard InChI is InChI=1S/C15H20N4O/c1-3-9-20-15-13(16)6-7-14(19-15)18-11(2)12-5-4-8-17-10-12/h4-8,10-11H,3,9,16H2,1-2H3,(H,18,19). The Morgan fingerprint density at radius 3 is 2.90 bits per heavy atom. The van der Waals surface area contributed by atoms with Crippen LogP contribution in [0.3, 0.4) is 0 Å². The van der Waals surface area contributed by atoms with Crippen molar-refractivity contribution >= 4 is 11.5 Å². The van der Waals surface area contributed by atoms with E-state index in [1.807, 2.05) is 31.3 Å². The van der Waals surface area contributed by atoms with Crippen molar-refractivity contribution < 1.29 is 4.74 Å². The summed E-state index contributed by atoms with van der Waals surface area (Å²) in [6, 6.07) is 7.70. The molecule has 0 aliphatic carbocycles. The van der Waals surface area contributed by atoms with Crippen LogP contribution in [0, 0.1) is 0 Å². The molecular weight excluding hydrogens is 252 g/mol. The van der Waals surface area contributed by atoms with Crippen molar-refractivity contribution in [1.82, 2.24) is 9.97 Å². The Bertz CT molecular complexity index is 545. The maximum absolute atomic E-state index is 5.85. The second-order valence-corrected chi connectivity index (χ2v) is 4.59. The fourth-order valence-corrected chi connectivity index (χ4v) is 1.78. The molecule has 0 aliphatic heterocycles. The van der Waals surface area contributed by atoms with Gasteiger partial charge in [-0.05, 0) is 37.1 Å². The first-order valence-electron chi connectivity index (χ1n) is 6.76. The quantitative estimate of drug-likeness (QED) is 0.845. The van der Waals surface area contributed by atoms with Crippen molar-refractivity contribution in [1.29, 1.82) is 0 Å². The Labute approximate surface area is 119 Å². The summed E-state index contributed by atoms with van der Waals surface area (Å²) >= 11 is 0. The van der Waals surface area contributed by atoms with Crippen LogP contribution in [0.2, 0.25) is 0 Å². The third-order valence-electron chi connectivity index (χ3n) is 2.88. The molecule has 0 saturated heterocycles. The number of rotatable bonds is 6. The summed E-state index contributed by atoms with van der Waals surface area (Å²) in [5, 5.41) is 3.32. The van der Waals surface area contributed by atoms with Gasteiger partial charge in [0.25, 0.3) is 0 Å². The third-order valence-corrected chi connectivity index (χ3v) is 2.88. The second kappa shape index (κ2) is 6.75. The Hall–Kier alpha value is -2.30. The normalized spacial score (nSPS) is 11.9. The van der Waals surface area contributed by atoms with E-state index in [1.165, 1.54) is 0 Å². The van der Waals surface area contributed by atoms with Gasteiger partial charge in [0, 0.05) is 12.4 Å². The first-order chi connectivity index (χ1) is 9.70. The number of nitrogens with zero attached hydrogens (tertiary/aromatic N) is 2. The zero-order valence-corrected chi connectivity index (χ0v) is 11.8. The zero-order chi connectivity index (χ0) is 14.4. The molecule has 0 aliphatic rings. The average Bonchev–Trinajstić information content (AvgIpc) is 2.48. The molecule has 0 aromatic carbocycles. The first kappa shape index (κ1) is 14.1. The maximum atomic E-state index is 5.85. The van der Waals surface area contributed by atoms with Crippen LogP contribution in [-0.4, -0.2) is 16.6 Å². The molecule has 0 radical (unpaired) electrons. The number of nitrogen functional groups attached to an aromatic ring is 1. The summed E-state index contributed by atoms with van der Waals surface area (Å²) in [5.41, 5.74) is 7.50. The summed E-state index contributed by atoms with van der Waals surface area (Å²) in [5.74, 6) is 1.22. The van der Waals surface area contributed by atoms with Gasteiger partial charge in [0.05, 0.1) is 18.3 Å². The molecule has 1 atom stereocenters. The number of aromatic nitrogens is 2. The van der Waals surface area contributed by atoms with Gasteiger partial charge in [-0.25, -0.2) is 0 Å². The van der Waals surface area contributed by atoms with Crippen molar-refractivity contribution in [3.63, 3.8) is 0 Å². The number of anilines is 2. The minimum Gasteiger partial charge on any atom is -0.476 e. The maximum Gasteiger partial charge on any atom is 0.239 e. The molecule has 5 heteroatoms. The molecule has 2 rings (SSSR count). The van der Waals surface area contributed by atoms with Gasteiger partial charge in [0.1, 0.15) is 5.82 Å². The number of hydrogen-bond acceptors (Lipinski definition) is 5. The van der Waals surface area contributed by atoms with Crippen molar-refractivity contribution in [3.05, 3.63) is 42.2 Å². The molecule has 2 aromatic heterocycles. The van der Waals surface area contributed by atoms with E-state index in [-0.39, 0.29) is 6.04 Å². The fourth-order valence-electron chi connectivity index (χ4n) is 1.78. The molecule has 0 amide bonds. The highest BCUT2D eigenvalue weighted by molar-refractivity contribution is 5.54. The summed E-state index contributed by atoms with van der Waals surface area (Å²) in [6.07, 6.45) is 4.52. The summed E-state index contributed by atoms with van der Waals surface area (Å²) in [7, 11) is 0. The number of pyridine rings is 2. The SMILES string of the molecule is CCCOc1nc(NC(C)c2cccnc2)ccc1N. The Balaban J connectivity index is 2.09. The molecule has 0 fully saturated rings. The first-order valence-corrected chi connectivity index (χ1v) is 6.76. The van der Waals surface area contributed by atoms with Gasteiger partial charge in [0.15, 0.2) is 0 Å². The van der Waals surface area contributed by atoms with E-state index in [1.54, 1.807) is 12.3 Å². The van der Waals surface area contributed by atoms with Gasteiger partial charge in [-0.2, -0.15) is 4.98 Å². The lowest BCUT2D eigenvalue weighted by Crippen LogP contribution is -2.09. The van der Waals surface area contributed by atoms with Crippen molar-refractivity contribution in [2.45, 2.75) is 26.3 Å². The number of nitrogens with one attached hydrogen (secondary N) is 1. The molecule has 0 spiro atoms. The highest BCUT2D eigenvalue weighted by atomic mass is 16.5. The van der Waals surface area contributed by atoms with Crippen LogP contribution in [0.15, 0.2) is 36.7 Å². The van der Waals surface area contributed by atoms with Gasteiger partial charge in [-0.15, -0.1) is 0 Å². The summed E-state index contributed by atoms with van der Waals surface area (Å²) in [6.45, 7) is 4.71. The Morgan fingerprint density at radius 2 is 2.20 bits per heavy atom. The molecule has 3 N–H and O–H groups in total. The van der Waals surface area contributed by atoms with E-state index in [0.29, 0.717) is 18.2 Å². The molecular formula is C15H20N4O. The molecule has 1 unspecified atom stereocenters. The molecule has 5 nitrogen and oxygen atoms in total. The van der Waals surface area contributed by atoms with Gasteiger partial charge >= 0.3 is 0 Å². The minimum absolute atomic E-state index is 0.110. The van der Waals surface area contributed by atoms with Crippen molar-refractivity contribution in [3.8, 4) is 5.88 Å². The molecule has 0 saturated carbocycles. The molecule has 2 aromatic rings. The van der Waals surface area contributed by atoms with E-state index in [0.717, 1.165) is 17.8 Å². The largest absolute Gasteiger partial charge is 0.476 e. The van der Waals surface area contributed by atoms with Crippen LogP contribution in [0.4, 0.5) is 11.5 Å². The van der Waals surface area contributed by atoms with Crippen LogP contribution < -0.4 is 15.8 Å². The summed E-state index contributed by atoms with van der Waals surface area (Å²) in [4.78, 5) is 8.51. The lowest BCUT2D eigenvalue weighted by Gasteiger charge is -2.16. The van der Waals surface area contributed by atoms with Crippen molar-refractivity contribution in [2.24, 2.45) is 0 Å². The third kappa shape index (κ3) is 3.60. The van der Waals surface area contributed by atoms with E-state index in [4.69, 9.17) is 10.5 Å². The van der Waals surface area contributed by atoms with E-state index in [9.17, 15) is 0 Å². The lowest BCUT2D eigenvalue weighted by molar-refractivity contribution is 0.307. The van der Waals surface area contributed by atoms with Crippen LogP contribution >= 0.6 is 0 Å². The summed E-state index contributed by atoms with van der Waals surface area (Å²) < 4.78 is 5.53. The molecule has 2 heterocycles. The minimum atomic E-state index is 0.110. The van der Waals surface area contributed by atoms with E-state index in [2.05, 4.69) is 22.2 Å². The highest BCUT2D eigenvalue weighted by Gasteiger charge is 2.08. The predicted molar refractivity (Wildman–Crippen MR) is 80.7 cm³/mol. The smallest absolute Gasteiger partial charge is 0.239 e. The van der Waals surface area contributed by atoms with Gasteiger partial charge in [0.2, 0.25) is 5.88 Å². The Kier molecular flexibility index (Phi) is 4.76. The predicted octanol–water partition coefficient (Wildman–Crippen LogP) is 3.02. The molecule has 0 bridgehead atoms. The monoisotopic (exact) mass is 272 g/mol. The molecule has 20 heavy (non-hydrogen) atoms. The zero-order valence-electron chi connectivity index (χ0n) is 11.8. The second-order valence-electron chi connectivity index (χ2n) is 4.59. The van der Waals surface area contributed by atoms with Crippen molar-refractivity contribution in [2.75, 3.05) is 17.7 Å². The van der Waals surface area contributed by atoms with E-state index >= 15 is 0 Å². The highest BCUT2D eigenvalue weighted by Crippen LogP contribution is 2.23. The van der Waals surface area contributed by atoms with Gasteiger partial charge in [-0.1, -0.05) is 13.0 Å². The number of nitrogens with two attached hydrogens (primary N) is 1. The average molecular weight is 272 g/mol. The fraction of sp³-hybridized carbons (Fsp3) is 0.333. The lowest BCUT2D eigenvalue weighted by atomic mass is 10.1. The number of hydrogen-bond donors (Lipinski definition) is 2. The van der Waals surface area contributed by atoms with Crippen LogP contribution in [0.25, 0.3) is 0 Å². The molecule has 106 valence electrons. The van der Waals surface area contributed by atoms with Gasteiger partial charge < -0.3 is 15.8 Å². The van der Waals surface area contributed by atoms with Crippen LogP contribution in [0.5, 0.6) is 5.88 Å². The Morgan fingerprint density at radius 1 is 1.35 bits per heavy atom. The van der Waals surface area contributed by atoms with Crippen LogP contribution in [-0.2, 0) is 0 Å². The van der Waals surface area contributed by atoms with Crippen LogP contribution in [0.1, 0.15) is 31.9 Å². The van der Waals surface area contributed by atoms with Gasteiger partial charge in [-0.3, -0.25) is 4.98 Å². The van der Waals surface area contributed by atoms with E-state index < -0.39 is 0 Å².